The highest BCUT2D eigenvalue weighted by molar-refractivity contribution is 7.13. The van der Waals surface area contributed by atoms with Gasteiger partial charge in [0.2, 0.25) is 0 Å². The summed E-state index contributed by atoms with van der Waals surface area (Å²) >= 11 is 1.30. The van der Waals surface area contributed by atoms with Crippen LogP contribution in [0.1, 0.15) is 5.56 Å². The van der Waals surface area contributed by atoms with Gasteiger partial charge in [-0.05, 0) is 47.4 Å². The zero-order valence-electron chi connectivity index (χ0n) is 12.6. The molecule has 6 heteroatoms. The topological polar surface area (TPSA) is 50.7 Å². The Morgan fingerprint density at radius 1 is 1.00 bits per heavy atom. The molecule has 4 nitrogen and oxygen atoms in total. The molecule has 0 saturated heterocycles. The van der Waals surface area contributed by atoms with E-state index in [1.165, 1.54) is 17.6 Å². The third-order valence-corrected chi connectivity index (χ3v) is 4.62. The van der Waals surface area contributed by atoms with Crippen LogP contribution in [0.2, 0.25) is 0 Å². The van der Waals surface area contributed by atoms with Gasteiger partial charge in [0.25, 0.3) is 0 Å². The number of pyridine rings is 2. The second kappa shape index (κ2) is 6.33. The van der Waals surface area contributed by atoms with Gasteiger partial charge in [-0.1, -0.05) is 12.1 Å². The monoisotopic (exact) mass is 336 g/mol. The number of rotatable bonds is 4. The van der Waals surface area contributed by atoms with Gasteiger partial charge in [-0.2, -0.15) is 4.37 Å². The Balaban J connectivity index is 1.65. The van der Waals surface area contributed by atoms with Crippen LogP contribution in [0.4, 0.5) is 10.2 Å². The fraction of sp³-hybridized carbons (Fsp3) is 0.0556. The molecule has 0 bridgehead atoms. The second-order valence-electron chi connectivity index (χ2n) is 5.24. The van der Waals surface area contributed by atoms with E-state index in [0.717, 1.165) is 27.3 Å². The highest BCUT2D eigenvalue weighted by Gasteiger charge is 2.10. The first-order chi connectivity index (χ1) is 11.8. The van der Waals surface area contributed by atoms with E-state index in [0.29, 0.717) is 11.9 Å². The van der Waals surface area contributed by atoms with E-state index in [1.54, 1.807) is 24.7 Å². The average Bonchev–Trinajstić information content (AvgIpc) is 3.13. The quantitative estimate of drug-likeness (QED) is 0.596. The van der Waals surface area contributed by atoms with Crippen LogP contribution in [0.25, 0.3) is 21.3 Å². The van der Waals surface area contributed by atoms with Crippen molar-refractivity contribution in [2.24, 2.45) is 0 Å². The smallest absolute Gasteiger partial charge is 0.135 e. The van der Waals surface area contributed by atoms with Crippen molar-refractivity contribution in [3.8, 4) is 11.3 Å². The maximum atomic E-state index is 13.8. The van der Waals surface area contributed by atoms with Crippen molar-refractivity contribution in [2.75, 3.05) is 5.32 Å². The zero-order valence-corrected chi connectivity index (χ0v) is 13.4. The van der Waals surface area contributed by atoms with Crippen LogP contribution in [0.15, 0.2) is 61.1 Å². The molecule has 1 N–H and O–H groups in total. The van der Waals surface area contributed by atoms with Crippen molar-refractivity contribution >= 4 is 27.4 Å². The normalized spacial score (nSPS) is 10.9. The molecule has 0 unspecified atom stereocenters. The van der Waals surface area contributed by atoms with Crippen molar-refractivity contribution in [3.05, 3.63) is 72.4 Å². The molecule has 0 atom stereocenters. The van der Waals surface area contributed by atoms with E-state index in [1.807, 2.05) is 30.3 Å². The van der Waals surface area contributed by atoms with E-state index in [9.17, 15) is 4.39 Å². The van der Waals surface area contributed by atoms with Gasteiger partial charge in [0.05, 0.1) is 16.6 Å². The van der Waals surface area contributed by atoms with Gasteiger partial charge < -0.3 is 5.32 Å². The first-order valence-electron chi connectivity index (χ1n) is 7.45. The van der Waals surface area contributed by atoms with E-state index in [-0.39, 0.29) is 5.82 Å². The predicted octanol–water partition coefficient (Wildman–Crippen LogP) is 4.50. The van der Waals surface area contributed by atoms with Gasteiger partial charge in [-0.3, -0.25) is 4.98 Å². The molecule has 0 aliphatic rings. The lowest BCUT2D eigenvalue weighted by atomic mass is 10.1. The minimum Gasteiger partial charge on any atom is -0.365 e. The van der Waals surface area contributed by atoms with Crippen LogP contribution in [0, 0.1) is 5.82 Å². The molecule has 0 saturated carbocycles. The van der Waals surface area contributed by atoms with Crippen molar-refractivity contribution in [2.45, 2.75) is 6.54 Å². The number of anilines is 1. The molecule has 1 aromatic carbocycles. The summed E-state index contributed by atoms with van der Waals surface area (Å²) in [5.74, 6) is 0.507. The highest BCUT2D eigenvalue weighted by Crippen LogP contribution is 2.28. The summed E-state index contributed by atoms with van der Waals surface area (Å²) in [6.07, 6.45) is 5.06. The van der Waals surface area contributed by atoms with Crippen molar-refractivity contribution in [1.29, 1.82) is 0 Å². The molecular weight excluding hydrogens is 323 g/mol. The molecule has 4 aromatic rings. The second-order valence-corrected chi connectivity index (χ2v) is 6.04. The summed E-state index contributed by atoms with van der Waals surface area (Å²) in [6.45, 7) is 0.538. The zero-order chi connectivity index (χ0) is 16.4. The number of nitrogens with one attached hydrogen (secondary N) is 1. The Bertz CT molecular complexity index is 985. The maximum absolute atomic E-state index is 13.8. The van der Waals surface area contributed by atoms with E-state index in [4.69, 9.17) is 0 Å². The Morgan fingerprint density at radius 3 is 2.79 bits per heavy atom. The molecule has 24 heavy (non-hydrogen) atoms. The number of benzene rings is 1. The van der Waals surface area contributed by atoms with Gasteiger partial charge in [-0.25, -0.2) is 9.37 Å². The Labute approximate surface area is 142 Å². The number of aromatic nitrogens is 3. The fourth-order valence-electron chi connectivity index (χ4n) is 2.57. The summed E-state index contributed by atoms with van der Waals surface area (Å²) in [6, 6.07) is 12.9. The third kappa shape index (κ3) is 2.72. The lowest BCUT2D eigenvalue weighted by Crippen LogP contribution is -2.03. The Hall–Kier alpha value is -2.86. The summed E-state index contributed by atoms with van der Waals surface area (Å²) in [4.78, 5) is 8.80. The van der Waals surface area contributed by atoms with Crippen LogP contribution in [-0.4, -0.2) is 14.3 Å². The van der Waals surface area contributed by atoms with Crippen molar-refractivity contribution in [3.63, 3.8) is 0 Å². The molecule has 118 valence electrons. The van der Waals surface area contributed by atoms with Crippen LogP contribution in [0.5, 0.6) is 0 Å². The summed E-state index contributed by atoms with van der Waals surface area (Å²) in [5, 5.41) is 3.90. The molecule has 3 aromatic heterocycles. The largest absolute Gasteiger partial charge is 0.365 e. The number of nitrogens with zero attached hydrogens (tertiary/aromatic N) is 3. The van der Waals surface area contributed by atoms with Crippen LogP contribution >= 0.6 is 11.5 Å². The minimum atomic E-state index is -0.241. The van der Waals surface area contributed by atoms with Gasteiger partial charge in [0, 0.05) is 29.9 Å². The summed E-state index contributed by atoms with van der Waals surface area (Å²) in [7, 11) is 0. The van der Waals surface area contributed by atoms with E-state index in [2.05, 4.69) is 19.7 Å². The Morgan fingerprint density at radius 2 is 1.92 bits per heavy atom. The van der Waals surface area contributed by atoms with Crippen LogP contribution < -0.4 is 5.32 Å². The summed E-state index contributed by atoms with van der Waals surface area (Å²) in [5.41, 5.74) is 2.78. The molecule has 0 aliphatic heterocycles. The third-order valence-electron chi connectivity index (χ3n) is 3.75. The SMILES string of the molecule is Fc1ccc(CNc2ncccc2-c2ccccn2)c2sncc12. The molecular formula is C18H13FN4S. The molecule has 0 spiro atoms. The van der Waals surface area contributed by atoms with E-state index < -0.39 is 0 Å². The molecule has 0 fully saturated rings. The molecule has 0 radical (unpaired) electrons. The molecule has 4 rings (SSSR count). The van der Waals surface area contributed by atoms with Crippen LogP contribution in [0.3, 0.4) is 0 Å². The molecule has 3 heterocycles. The molecule has 0 amide bonds. The molecule has 0 aliphatic carbocycles. The standard InChI is InChI=1S/C18H13FN4S/c19-15-7-6-12(17-14(15)11-23-24-17)10-22-18-13(4-3-9-21-18)16-5-1-2-8-20-16/h1-9,11H,10H2,(H,21,22). The lowest BCUT2D eigenvalue weighted by Gasteiger charge is -2.11. The van der Waals surface area contributed by atoms with Crippen molar-refractivity contribution in [1.82, 2.24) is 14.3 Å². The average molecular weight is 336 g/mol. The number of hydrogen-bond acceptors (Lipinski definition) is 5. The lowest BCUT2D eigenvalue weighted by molar-refractivity contribution is 0.639. The van der Waals surface area contributed by atoms with Gasteiger partial charge in [-0.15, -0.1) is 0 Å². The van der Waals surface area contributed by atoms with Crippen LogP contribution in [-0.2, 0) is 6.54 Å². The van der Waals surface area contributed by atoms with Crippen molar-refractivity contribution < 1.29 is 4.39 Å². The Kier molecular flexibility index (Phi) is 3.88. The van der Waals surface area contributed by atoms with Gasteiger partial charge >= 0.3 is 0 Å². The minimum absolute atomic E-state index is 0.241. The first kappa shape index (κ1) is 14.7. The van der Waals surface area contributed by atoms with Gasteiger partial charge in [0.1, 0.15) is 11.6 Å². The highest BCUT2D eigenvalue weighted by atomic mass is 32.1. The number of halogens is 1. The summed E-state index contributed by atoms with van der Waals surface area (Å²) < 4.78 is 18.7. The van der Waals surface area contributed by atoms with Gasteiger partial charge in [0.15, 0.2) is 0 Å². The number of fused-ring (bicyclic) bond motifs is 1. The predicted molar refractivity (Wildman–Crippen MR) is 94.4 cm³/mol. The maximum Gasteiger partial charge on any atom is 0.135 e. The number of hydrogen-bond donors (Lipinski definition) is 1. The van der Waals surface area contributed by atoms with E-state index >= 15 is 0 Å². The first-order valence-corrected chi connectivity index (χ1v) is 8.22. The fourth-order valence-corrected chi connectivity index (χ4v) is 3.34.